The van der Waals surface area contributed by atoms with E-state index < -0.39 is 5.82 Å². The van der Waals surface area contributed by atoms with E-state index in [4.69, 9.17) is 0 Å². The van der Waals surface area contributed by atoms with Gasteiger partial charge >= 0.3 is 0 Å². The van der Waals surface area contributed by atoms with Crippen LogP contribution in [0.15, 0.2) is 24.3 Å². The predicted molar refractivity (Wildman–Crippen MR) is 64.3 cm³/mol. The number of carbonyl (C=O) groups excluding carboxylic acids is 1. The van der Waals surface area contributed by atoms with Gasteiger partial charge in [0.1, 0.15) is 5.82 Å². The normalized spacial score (nSPS) is 19.3. The summed E-state index contributed by atoms with van der Waals surface area (Å²) in [5, 5.41) is 3.26. The van der Waals surface area contributed by atoms with Gasteiger partial charge in [0.25, 0.3) is 5.91 Å². The number of halogens is 1. The van der Waals surface area contributed by atoms with Gasteiger partial charge in [0.15, 0.2) is 0 Å². The van der Waals surface area contributed by atoms with E-state index in [0.717, 1.165) is 19.5 Å². The van der Waals surface area contributed by atoms with Crippen LogP contribution in [0, 0.1) is 11.7 Å². The van der Waals surface area contributed by atoms with E-state index in [9.17, 15) is 9.18 Å². The van der Waals surface area contributed by atoms with E-state index in [2.05, 4.69) is 5.32 Å². The molecule has 0 spiro atoms. The number of nitrogens with zero attached hydrogens (tertiary/aromatic N) is 1. The van der Waals surface area contributed by atoms with E-state index in [1.165, 1.54) is 12.1 Å². The summed E-state index contributed by atoms with van der Waals surface area (Å²) in [4.78, 5) is 13.6. The van der Waals surface area contributed by atoms with E-state index in [0.29, 0.717) is 12.5 Å². The van der Waals surface area contributed by atoms with Crippen molar-refractivity contribution in [3.63, 3.8) is 0 Å². The topological polar surface area (TPSA) is 32.3 Å². The number of amides is 1. The molecule has 1 aliphatic heterocycles. The van der Waals surface area contributed by atoms with Crippen LogP contribution in [0.3, 0.4) is 0 Å². The maximum atomic E-state index is 13.5. The van der Waals surface area contributed by atoms with Gasteiger partial charge in [0.05, 0.1) is 5.56 Å². The fourth-order valence-electron chi connectivity index (χ4n) is 2.18. The molecule has 1 N–H and O–H groups in total. The van der Waals surface area contributed by atoms with Gasteiger partial charge in [-0.25, -0.2) is 4.39 Å². The Kier molecular flexibility index (Phi) is 3.74. The molecule has 0 saturated carbocycles. The van der Waals surface area contributed by atoms with Gasteiger partial charge in [0.2, 0.25) is 0 Å². The van der Waals surface area contributed by atoms with Crippen LogP contribution >= 0.6 is 0 Å². The van der Waals surface area contributed by atoms with Crippen molar-refractivity contribution in [1.82, 2.24) is 10.2 Å². The Bertz CT molecular complexity index is 402. The van der Waals surface area contributed by atoms with Crippen LogP contribution in [0.4, 0.5) is 4.39 Å². The minimum Gasteiger partial charge on any atom is -0.341 e. The molecule has 0 radical (unpaired) electrons. The van der Waals surface area contributed by atoms with E-state index in [1.54, 1.807) is 24.1 Å². The number of hydrogen-bond donors (Lipinski definition) is 1. The number of benzene rings is 1. The van der Waals surface area contributed by atoms with Gasteiger partial charge in [-0.1, -0.05) is 12.1 Å². The number of nitrogens with one attached hydrogen (secondary N) is 1. The summed E-state index contributed by atoms with van der Waals surface area (Å²) in [6, 6.07) is 6.12. The summed E-state index contributed by atoms with van der Waals surface area (Å²) in [6.45, 7) is 2.63. The molecule has 1 aliphatic rings. The molecule has 2 rings (SSSR count). The summed E-state index contributed by atoms with van der Waals surface area (Å²) in [5.41, 5.74) is 0.154. The molecule has 1 saturated heterocycles. The van der Waals surface area contributed by atoms with Gasteiger partial charge in [-0.05, 0) is 37.6 Å². The van der Waals surface area contributed by atoms with E-state index >= 15 is 0 Å². The largest absolute Gasteiger partial charge is 0.341 e. The van der Waals surface area contributed by atoms with Crippen LogP contribution < -0.4 is 5.32 Å². The molecule has 92 valence electrons. The Labute approximate surface area is 101 Å². The zero-order valence-corrected chi connectivity index (χ0v) is 9.95. The van der Waals surface area contributed by atoms with E-state index in [1.807, 2.05) is 0 Å². The monoisotopic (exact) mass is 236 g/mol. The minimum atomic E-state index is -0.450. The Morgan fingerprint density at radius 1 is 1.53 bits per heavy atom. The summed E-state index contributed by atoms with van der Waals surface area (Å²) in [6.07, 6.45) is 1.08. The molecule has 0 aromatic heterocycles. The van der Waals surface area contributed by atoms with Crippen LogP contribution in [0.1, 0.15) is 16.8 Å². The van der Waals surface area contributed by atoms with Crippen LogP contribution in [0.2, 0.25) is 0 Å². The lowest BCUT2D eigenvalue weighted by Gasteiger charge is -2.21. The van der Waals surface area contributed by atoms with Crippen molar-refractivity contribution in [2.24, 2.45) is 5.92 Å². The van der Waals surface area contributed by atoms with Crippen molar-refractivity contribution in [3.8, 4) is 0 Å². The molecule has 1 aromatic rings. The van der Waals surface area contributed by atoms with Crippen LogP contribution in [0.5, 0.6) is 0 Å². The molecule has 1 unspecified atom stereocenters. The fourth-order valence-corrected chi connectivity index (χ4v) is 2.18. The third-order valence-corrected chi connectivity index (χ3v) is 3.15. The Balaban J connectivity index is 2.01. The Morgan fingerprint density at radius 2 is 2.29 bits per heavy atom. The first-order valence-corrected chi connectivity index (χ1v) is 5.89. The second kappa shape index (κ2) is 5.27. The highest BCUT2D eigenvalue weighted by Crippen LogP contribution is 2.13. The molecule has 1 heterocycles. The Morgan fingerprint density at radius 3 is 2.94 bits per heavy atom. The van der Waals surface area contributed by atoms with Crippen molar-refractivity contribution in [1.29, 1.82) is 0 Å². The minimum absolute atomic E-state index is 0.154. The standard InChI is InChI=1S/C13H17FN2O/c1-16(9-10-6-7-15-8-10)13(17)11-4-2-3-5-12(11)14/h2-5,10,15H,6-9H2,1H3. The fraction of sp³-hybridized carbons (Fsp3) is 0.462. The van der Waals surface area contributed by atoms with Gasteiger partial charge in [-0.3, -0.25) is 4.79 Å². The first kappa shape index (κ1) is 12.0. The SMILES string of the molecule is CN(CC1CCNC1)C(=O)c1ccccc1F. The van der Waals surface area contributed by atoms with Gasteiger partial charge in [0, 0.05) is 13.6 Å². The van der Waals surface area contributed by atoms with Gasteiger partial charge in [-0.2, -0.15) is 0 Å². The zero-order chi connectivity index (χ0) is 12.3. The molecule has 17 heavy (non-hydrogen) atoms. The zero-order valence-electron chi connectivity index (χ0n) is 9.95. The third kappa shape index (κ3) is 2.82. The lowest BCUT2D eigenvalue weighted by atomic mass is 10.1. The molecule has 0 bridgehead atoms. The van der Waals surface area contributed by atoms with Crippen molar-refractivity contribution >= 4 is 5.91 Å². The molecule has 4 heteroatoms. The molecule has 1 amide bonds. The molecule has 1 aromatic carbocycles. The maximum Gasteiger partial charge on any atom is 0.256 e. The summed E-state index contributed by atoms with van der Waals surface area (Å²) < 4.78 is 13.5. The van der Waals surface area contributed by atoms with Crippen molar-refractivity contribution in [2.45, 2.75) is 6.42 Å². The summed E-state index contributed by atoms with van der Waals surface area (Å²) in [7, 11) is 1.73. The van der Waals surface area contributed by atoms with Crippen molar-refractivity contribution in [3.05, 3.63) is 35.6 Å². The quantitative estimate of drug-likeness (QED) is 0.862. The molecular formula is C13H17FN2O. The highest BCUT2D eigenvalue weighted by Gasteiger charge is 2.21. The molecule has 3 nitrogen and oxygen atoms in total. The maximum absolute atomic E-state index is 13.5. The average Bonchev–Trinajstić information content (AvgIpc) is 2.81. The van der Waals surface area contributed by atoms with Crippen molar-refractivity contribution < 1.29 is 9.18 Å². The molecular weight excluding hydrogens is 219 g/mol. The summed E-state index contributed by atoms with van der Waals surface area (Å²) >= 11 is 0. The average molecular weight is 236 g/mol. The van der Waals surface area contributed by atoms with Crippen LogP contribution in [-0.4, -0.2) is 37.5 Å². The lowest BCUT2D eigenvalue weighted by molar-refractivity contribution is 0.0771. The van der Waals surface area contributed by atoms with Crippen LogP contribution in [-0.2, 0) is 0 Å². The first-order valence-electron chi connectivity index (χ1n) is 5.89. The molecule has 0 aliphatic carbocycles. The smallest absolute Gasteiger partial charge is 0.256 e. The third-order valence-electron chi connectivity index (χ3n) is 3.15. The molecule has 1 atom stereocenters. The Hall–Kier alpha value is -1.42. The van der Waals surface area contributed by atoms with E-state index in [-0.39, 0.29) is 11.5 Å². The predicted octanol–water partition coefficient (Wildman–Crippen LogP) is 1.51. The second-order valence-corrected chi connectivity index (χ2v) is 4.52. The molecule has 1 fully saturated rings. The van der Waals surface area contributed by atoms with Gasteiger partial charge in [-0.15, -0.1) is 0 Å². The number of rotatable bonds is 3. The van der Waals surface area contributed by atoms with Crippen LogP contribution in [0.25, 0.3) is 0 Å². The van der Waals surface area contributed by atoms with Gasteiger partial charge < -0.3 is 10.2 Å². The highest BCUT2D eigenvalue weighted by molar-refractivity contribution is 5.94. The number of hydrogen-bond acceptors (Lipinski definition) is 2. The lowest BCUT2D eigenvalue weighted by Crippen LogP contribution is -2.33. The first-order chi connectivity index (χ1) is 8.18. The number of carbonyl (C=O) groups is 1. The second-order valence-electron chi connectivity index (χ2n) is 4.52. The summed E-state index contributed by atoms with van der Waals surface area (Å²) in [5.74, 6) is -0.209. The highest BCUT2D eigenvalue weighted by atomic mass is 19.1. The van der Waals surface area contributed by atoms with Crippen molar-refractivity contribution in [2.75, 3.05) is 26.7 Å².